The van der Waals surface area contributed by atoms with Gasteiger partial charge in [-0.05, 0) is 16.7 Å². The van der Waals surface area contributed by atoms with Gasteiger partial charge in [0.05, 0.1) is 26.4 Å². The molecule has 3 aromatic rings. The van der Waals surface area contributed by atoms with E-state index in [2.05, 4.69) is 0 Å². The maximum Gasteiger partial charge on any atom is 0.334 e. The first kappa shape index (κ1) is 25.9. The average Bonchev–Trinajstić information content (AvgIpc) is 2.92. The minimum Gasteiger partial charge on any atom is -0.479 e. The van der Waals surface area contributed by atoms with E-state index < -0.39 is 36.4 Å². The molecule has 1 fully saturated rings. The molecular formula is C28H30FNO6. The highest BCUT2D eigenvalue weighted by molar-refractivity contribution is 5.73. The number of nitrogens with one attached hydrogen (secondary N) is 1. The summed E-state index contributed by atoms with van der Waals surface area (Å²) < 4.78 is 38.1. The summed E-state index contributed by atoms with van der Waals surface area (Å²) in [6.07, 6.45) is -4.05. The second-order valence-electron chi connectivity index (χ2n) is 8.59. The number of halogens is 1. The quantitative estimate of drug-likeness (QED) is 0.367. The van der Waals surface area contributed by atoms with Gasteiger partial charge in [0.1, 0.15) is 24.4 Å². The van der Waals surface area contributed by atoms with Crippen molar-refractivity contribution in [3.63, 3.8) is 0 Å². The van der Waals surface area contributed by atoms with Gasteiger partial charge in [-0.15, -0.1) is 4.48 Å². The number of hydrogen-bond donors (Lipinski definition) is 2. The molecule has 0 bridgehead atoms. The molecule has 0 radical (unpaired) electrons. The van der Waals surface area contributed by atoms with Gasteiger partial charge in [0, 0.05) is 0 Å². The summed E-state index contributed by atoms with van der Waals surface area (Å²) in [6.45, 7) is 0.720. The van der Waals surface area contributed by atoms with Gasteiger partial charge in [0.25, 0.3) is 0 Å². The highest BCUT2D eigenvalue weighted by Crippen LogP contribution is 2.29. The topological polar surface area (TPSA) is 86.3 Å². The zero-order valence-corrected chi connectivity index (χ0v) is 19.7. The van der Waals surface area contributed by atoms with E-state index in [1.54, 1.807) is 5.54 Å². The van der Waals surface area contributed by atoms with Crippen molar-refractivity contribution in [1.29, 1.82) is 0 Å². The molecule has 2 N–H and O–H groups in total. The lowest BCUT2D eigenvalue weighted by atomic mass is 9.92. The first-order valence-electron chi connectivity index (χ1n) is 11.8. The van der Waals surface area contributed by atoms with Gasteiger partial charge in [0.2, 0.25) is 0 Å². The van der Waals surface area contributed by atoms with Gasteiger partial charge in [0.15, 0.2) is 6.10 Å². The highest BCUT2D eigenvalue weighted by Gasteiger charge is 2.50. The molecule has 7 nitrogen and oxygen atoms in total. The van der Waals surface area contributed by atoms with Crippen LogP contribution in [0.25, 0.3) is 0 Å². The van der Waals surface area contributed by atoms with Crippen LogP contribution in [0.5, 0.6) is 0 Å². The fraction of sp³-hybridized carbons (Fsp3) is 0.321. The number of rotatable bonds is 12. The highest BCUT2D eigenvalue weighted by atomic mass is 19.2. The minimum atomic E-state index is -1.49. The van der Waals surface area contributed by atoms with E-state index in [1.165, 1.54) is 0 Å². The molecule has 190 valence electrons. The van der Waals surface area contributed by atoms with Crippen molar-refractivity contribution in [2.24, 2.45) is 0 Å². The van der Waals surface area contributed by atoms with Gasteiger partial charge in [-0.25, -0.2) is 4.79 Å². The summed E-state index contributed by atoms with van der Waals surface area (Å²) in [6, 6.07) is 27.2. The predicted molar refractivity (Wildman–Crippen MR) is 130 cm³/mol. The third-order valence-corrected chi connectivity index (χ3v) is 6.03. The van der Waals surface area contributed by atoms with Crippen LogP contribution in [0.2, 0.25) is 0 Å². The molecule has 3 aromatic carbocycles. The zero-order chi connectivity index (χ0) is 25.2. The lowest BCUT2D eigenvalue weighted by Gasteiger charge is -2.44. The molecule has 0 amide bonds. The fourth-order valence-corrected chi connectivity index (χ4v) is 4.21. The SMILES string of the molecule is O=C(O)[C@@H]1O[C@H](COCc2ccccc2)[C@@H](OCc2ccccc2)[C@H](OCc2ccccc2)[C@H]1NF. The molecular weight excluding hydrogens is 465 g/mol. The summed E-state index contributed by atoms with van der Waals surface area (Å²) in [4.78, 5) is 12.0. The Balaban J connectivity index is 1.55. The van der Waals surface area contributed by atoms with E-state index in [0.29, 0.717) is 6.61 Å². The number of ether oxygens (including phenoxy) is 4. The molecule has 0 spiro atoms. The van der Waals surface area contributed by atoms with Crippen molar-refractivity contribution in [3.8, 4) is 0 Å². The molecule has 4 rings (SSSR count). The van der Waals surface area contributed by atoms with Crippen molar-refractivity contribution in [2.75, 3.05) is 6.61 Å². The van der Waals surface area contributed by atoms with Gasteiger partial charge in [-0.3, -0.25) is 0 Å². The standard InChI is InChI=1S/C28H30FNO6/c29-30-24-26(35-18-22-14-8-3-9-15-22)25(34-17-21-12-6-2-7-13-21)23(36-27(24)28(31)32)19-33-16-20-10-4-1-5-11-20/h1-15,23-27,30H,16-19H2,(H,31,32)/t23-,24-,25-,26-,27-/m1/s1. The Morgan fingerprint density at radius 1 is 0.778 bits per heavy atom. The van der Waals surface area contributed by atoms with Crippen LogP contribution in [0.4, 0.5) is 4.48 Å². The van der Waals surface area contributed by atoms with Crippen LogP contribution >= 0.6 is 0 Å². The van der Waals surface area contributed by atoms with Crippen LogP contribution in [0.15, 0.2) is 91.0 Å². The molecule has 1 heterocycles. The second kappa shape index (κ2) is 13.2. The van der Waals surface area contributed by atoms with Crippen molar-refractivity contribution in [3.05, 3.63) is 108 Å². The monoisotopic (exact) mass is 495 g/mol. The van der Waals surface area contributed by atoms with E-state index >= 15 is 0 Å². The lowest BCUT2D eigenvalue weighted by Crippen LogP contribution is -2.65. The van der Waals surface area contributed by atoms with E-state index in [1.807, 2.05) is 91.0 Å². The van der Waals surface area contributed by atoms with Gasteiger partial charge >= 0.3 is 5.97 Å². The predicted octanol–water partition coefficient (Wildman–Crippen LogP) is 4.07. The molecule has 8 heteroatoms. The molecule has 0 saturated carbocycles. The Morgan fingerprint density at radius 2 is 1.25 bits per heavy atom. The summed E-state index contributed by atoms with van der Waals surface area (Å²) in [5, 5.41) is 9.79. The van der Waals surface area contributed by atoms with E-state index in [4.69, 9.17) is 18.9 Å². The van der Waals surface area contributed by atoms with Crippen LogP contribution in [-0.4, -0.2) is 48.1 Å². The normalized spacial score (nSPS) is 23.9. The van der Waals surface area contributed by atoms with Crippen molar-refractivity contribution in [1.82, 2.24) is 5.54 Å². The largest absolute Gasteiger partial charge is 0.479 e. The molecule has 0 aromatic heterocycles. The van der Waals surface area contributed by atoms with E-state index in [9.17, 15) is 14.4 Å². The van der Waals surface area contributed by atoms with E-state index in [0.717, 1.165) is 16.7 Å². The average molecular weight is 496 g/mol. The Bertz CT molecular complexity index is 1060. The number of carboxylic acid groups (broad SMARTS) is 1. The van der Waals surface area contributed by atoms with Gasteiger partial charge in [-0.1, -0.05) is 91.0 Å². The Kier molecular flexibility index (Phi) is 9.54. The number of aliphatic carboxylic acids is 1. The number of carboxylic acids is 1. The third-order valence-electron chi connectivity index (χ3n) is 6.03. The Labute approximate surface area is 209 Å². The van der Waals surface area contributed by atoms with Crippen LogP contribution in [0.3, 0.4) is 0 Å². The molecule has 5 atom stereocenters. The fourth-order valence-electron chi connectivity index (χ4n) is 4.21. The maximum atomic E-state index is 14.0. The third kappa shape index (κ3) is 6.96. The van der Waals surface area contributed by atoms with Crippen molar-refractivity contribution < 1.29 is 33.3 Å². The molecule has 0 aliphatic carbocycles. The Morgan fingerprint density at radius 3 is 1.72 bits per heavy atom. The smallest absolute Gasteiger partial charge is 0.334 e. The number of benzene rings is 3. The number of hydrogen-bond acceptors (Lipinski definition) is 6. The summed E-state index contributed by atoms with van der Waals surface area (Å²) >= 11 is 0. The zero-order valence-electron chi connectivity index (χ0n) is 19.7. The molecule has 1 aliphatic rings. The molecule has 0 unspecified atom stereocenters. The Hall–Kier alpha value is -3.14. The summed E-state index contributed by atoms with van der Waals surface area (Å²) in [5.41, 5.74) is 4.34. The van der Waals surface area contributed by atoms with Gasteiger partial charge in [-0.2, -0.15) is 5.54 Å². The minimum absolute atomic E-state index is 0.0440. The molecule has 1 saturated heterocycles. The van der Waals surface area contributed by atoms with Crippen molar-refractivity contribution in [2.45, 2.75) is 50.3 Å². The van der Waals surface area contributed by atoms with Crippen LogP contribution in [-0.2, 0) is 43.6 Å². The maximum absolute atomic E-state index is 14.0. The van der Waals surface area contributed by atoms with Crippen LogP contribution < -0.4 is 5.54 Å². The summed E-state index contributed by atoms with van der Waals surface area (Å²) in [5.74, 6) is -1.30. The lowest BCUT2D eigenvalue weighted by molar-refractivity contribution is -0.240. The van der Waals surface area contributed by atoms with Crippen molar-refractivity contribution >= 4 is 5.97 Å². The summed E-state index contributed by atoms with van der Waals surface area (Å²) in [7, 11) is 0. The van der Waals surface area contributed by atoms with Crippen LogP contribution in [0, 0.1) is 0 Å². The van der Waals surface area contributed by atoms with Gasteiger partial charge < -0.3 is 24.1 Å². The first-order valence-corrected chi connectivity index (χ1v) is 11.8. The van der Waals surface area contributed by atoms with Crippen LogP contribution in [0.1, 0.15) is 16.7 Å². The number of carbonyl (C=O) groups is 1. The van der Waals surface area contributed by atoms with E-state index in [-0.39, 0.29) is 19.8 Å². The second-order valence-corrected chi connectivity index (χ2v) is 8.59. The molecule has 1 aliphatic heterocycles. The molecule has 36 heavy (non-hydrogen) atoms. The first-order chi connectivity index (χ1) is 17.7.